The predicted octanol–water partition coefficient (Wildman–Crippen LogP) is 3.33. The number of aromatic amines is 1. The molecule has 3 aromatic rings. The van der Waals surface area contributed by atoms with Crippen LogP contribution in [-0.4, -0.2) is 27.3 Å². The number of hydrogen-bond acceptors (Lipinski definition) is 3. The standard InChI is InChI=1S/C18H21N5O/c1-11-7-8-14-5-4-6-16(17(14)19-11)21-18(24)20-12(2)9-15-10-13(3)22-23-15/h4-8,10,12H,9H2,1-3H3,(H,22,23)(H2,20,21,24)/t12-/m0/s1. The van der Waals surface area contributed by atoms with Crippen LogP contribution in [0.15, 0.2) is 36.4 Å². The first-order valence-electron chi connectivity index (χ1n) is 7.96. The Bertz CT molecular complexity index is 871. The summed E-state index contributed by atoms with van der Waals surface area (Å²) in [5.74, 6) is 0. The lowest BCUT2D eigenvalue weighted by Gasteiger charge is -2.14. The van der Waals surface area contributed by atoms with Crippen molar-refractivity contribution in [2.24, 2.45) is 0 Å². The normalized spacial score (nSPS) is 12.1. The number of fused-ring (bicyclic) bond motifs is 1. The van der Waals surface area contributed by atoms with Crippen molar-refractivity contribution in [2.75, 3.05) is 5.32 Å². The summed E-state index contributed by atoms with van der Waals surface area (Å²) in [5.41, 5.74) is 4.36. The first-order chi connectivity index (χ1) is 11.5. The molecule has 0 unspecified atom stereocenters. The van der Waals surface area contributed by atoms with E-state index in [1.807, 2.05) is 57.2 Å². The van der Waals surface area contributed by atoms with E-state index in [-0.39, 0.29) is 12.1 Å². The molecule has 0 aliphatic rings. The lowest BCUT2D eigenvalue weighted by Crippen LogP contribution is -2.37. The monoisotopic (exact) mass is 323 g/mol. The number of H-pyrrole nitrogens is 1. The lowest BCUT2D eigenvalue weighted by molar-refractivity contribution is 0.249. The van der Waals surface area contributed by atoms with E-state index in [0.717, 1.165) is 28.0 Å². The number of aryl methyl sites for hydroxylation is 2. The van der Waals surface area contributed by atoms with Crippen molar-refractivity contribution >= 4 is 22.6 Å². The number of benzene rings is 1. The number of nitrogens with zero attached hydrogens (tertiary/aromatic N) is 2. The zero-order valence-electron chi connectivity index (χ0n) is 14.1. The SMILES string of the molecule is Cc1ccc2cccc(NC(=O)N[C@@H](C)Cc3cc(C)[nH]n3)c2n1. The van der Waals surface area contributed by atoms with Gasteiger partial charge in [0.2, 0.25) is 0 Å². The molecule has 1 aromatic carbocycles. The van der Waals surface area contributed by atoms with Crippen LogP contribution in [0.1, 0.15) is 24.0 Å². The van der Waals surface area contributed by atoms with Crippen LogP contribution in [-0.2, 0) is 6.42 Å². The number of amides is 2. The summed E-state index contributed by atoms with van der Waals surface area (Å²) in [6, 6.07) is 11.4. The molecule has 0 fully saturated rings. The van der Waals surface area contributed by atoms with Crippen LogP contribution >= 0.6 is 0 Å². The Morgan fingerprint density at radius 1 is 1.25 bits per heavy atom. The minimum Gasteiger partial charge on any atom is -0.335 e. The molecule has 2 heterocycles. The molecule has 124 valence electrons. The van der Waals surface area contributed by atoms with Gasteiger partial charge in [0.05, 0.1) is 16.9 Å². The van der Waals surface area contributed by atoms with Crippen molar-refractivity contribution in [1.29, 1.82) is 0 Å². The molecule has 0 saturated carbocycles. The van der Waals surface area contributed by atoms with Gasteiger partial charge in [0, 0.05) is 29.2 Å². The second-order valence-electron chi connectivity index (χ2n) is 6.08. The van der Waals surface area contributed by atoms with Crippen molar-refractivity contribution in [3.8, 4) is 0 Å². The van der Waals surface area contributed by atoms with Crippen LogP contribution < -0.4 is 10.6 Å². The fraction of sp³-hybridized carbons (Fsp3) is 0.278. The molecule has 24 heavy (non-hydrogen) atoms. The van der Waals surface area contributed by atoms with Gasteiger partial charge in [-0.15, -0.1) is 0 Å². The molecule has 0 aliphatic carbocycles. The van der Waals surface area contributed by atoms with E-state index in [4.69, 9.17) is 0 Å². The predicted molar refractivity (Wildman–Crippen MR) is 95.1 cm³/mol. The second kappa shape index (κ2) is 6.70. The summed E-state index contributed by atoms with van der Waals surface area (Å²) in [4.78, 5) is 16.8. The highest BCUT2D eigenvalue weighted by atomic mass is 16.2. The van der Waals surface area contributed by atoms with E-state index in [0.29, 0.717) is 12.1 Å². The van der Waals surface area contributed by atoms with Crippen LogP contribution in [0.25, 0.3) is 10.9 Å². The van der Waals surface area contributed by atoms with E-state index in [2.05, 4.69) is 25.8 Å². The van der Waals surface area contributed by atoms with Crippen LogP contribution in [0, 0.1) is 13.8 Å². The fourth-order valence-electron chi connectivity index (χ4n) is 2.67. The van der Waals surface area contributed by atoms with Crippen molar-refractivity contribution < 1.29 is 4.79 Å². The first kappa shape index (κ1) is 16.0. The number of nitrogens with one attached hydrogen (secondary N) is 3. The number of rotatable bonds is 4. The van der Waals surface area contributed by atoms with Crippen LogP contribution in [0.3, 0.4) is 0 Å². The van der Waals surface area contributed by atoms with Gasteiger partial charge in [0.25, 0.3) is 0 Å². The minimum absolute atomic E-state index is 0.0302. The number of carbonyl (C=O) groups is 1. The largest absolute Gasteiger partial charge is 0.335 e. The number of aromatic nitrogens is 3. The van der Waals surface area contributed by atoms with Crippen LogP contribution in [0.4, 0.5) is 10.5 Å². The number of carbonyl (C=O) groups excluding carboxylic acids is 1. The highest BCUT2D eigenvalue weighted by Gasteiger charge is 2.11. The van der Waals surface area contributed by atoms with E-state index in [9.17, 15) is 4.79 Å². The second-order valence-corrected chi connectivity index (χ2v) is 6.08. The highest BCUT2D eigenvalue weighted by molar-refractivity contribution is 5.99. The summed E-state index contributed by atoms with van der Waals surface area (Å²) >= 11 is 0. The average Bonchev–Trinajstić information content (AvgIpc) is 2.92. The molecule has 3 rings (SSSR count). The number of urea groups is 1. The molecule has 2 amide bonds. The molecule has 0 radical (unpaired) electrons. The Labute approximate surface area is 140 Å². The zero-order chi connectivity index (χ0) is 17.1. The third kappa shape index (κ3) is 3.71. The van der Waals surface area contributed by atoms with Gasteiger partial charge in [0.15, 0.2) is 0 Å². The van der Waals surface area contributed by atoms with E-state index in [1.54, 1.807) is 0 Å². The van der Waals surface area contributed by atoms with Gasteiger partial charge in [-0.1, -0.05) is 18.2 Å². The van der Waals surface area contributed by atoms with Gasteiger partial charge in [-0.2, -0.15) is 5.10 Å². The molecular weight excluding hydrogens is 302 g/mol. The van der Waals surface area contributed by atoms with Crippen LogP contribution in [0.2, 0.25) is 0 Å². The zero-order valence-corrected chi connectivity index (χ0v) is 14.1. The van der Waals surface area contributed by atoms with Gasteiger partial charge < -0.3 is 10.6 Å². The molecule has 3 N–H and O–H groups in total. The molecule has 0 aliphatic heterocycles. The van der Waals surface area contributed by atoms with E-state index < -0.39 is 0 Å². The van der Waals surface area contributed by atoms with Gasteiger partial charge in [-0.3, -0.25) is 10.1 Å². The molecule has 0 spiro atoms. The summed E-state index contributed by atoms with van der Waals surface area (Å²) < 4.78 is 0. The van der Waals surface area contributed by atoms with E-state index >= 15 is 0 Å². The molecule has 6 heteroatoms. The maximum atomic E-state index is 12.3. The van der Waals surface area contributed by atoms with Crippen LogP contribution in [0.5, 0.6) is 0 Å². The third-order valence-electron chi connectivity index (χ3n) is 3.76. The highest BCUT2D eigenvalue weighted by Crippen LogP contribution is 2.21. The van der Waals surface area contributed by atoms with Crippen molar-refractivity contribution in [2.45, 2.75) is 33.2 Å². The Morgan fingerprint density at radius 2 is 2.08 bits per heavy atom. The average molecular weight is 323 g/mol. The number of pyridine rings is 1. The molecule has 2 aromatic heterocycles. The van der Waals surface area contributed by atoms with Gasteiger partial charge in [0.1, 0.15) is 0 Å². The summed E-state index contributed by atoms with van der Waals surface area (Å²) in [5, 5.41) is 13.9. The topological polar surface area (TPSA) is 82.7 Å². The fourth-order valence-corrected chi connectivity index (χ4v) is 2.67. The number of anilines is 1. The Hall–Kier alpha value is -2.89. The Balaban J connectivity index is 1.67. The van der Waals surface area contributed by atoms with E-state index in [1.165, 1.54) is 0 Å². The molecule has 1 atom stereocenters. The van der Waals surface area contributed by atoms with Gasteiger partial charge in [-0.25, -0.2) is 4.79 Å². The maximum Gasteiger partial charge on any atom is 0.319 e. The molecular formula is C18H21N5O. The molecule has 6 nitrogen and oxygen atoms in total. The maximum absolute atomic E-state index is 12.3. The molecule has 0 saturated heterocycles. The quantitative estimate of drug-likeness (QED) is 0.689. The Kier molecular flexibility index (Phi) is 4.46. The summed E-state index contributed by atoms with van der Waals surface area (Å²) in [6.45, 7) is 5.84. The van der Waals surface area contributed by atoms with Crippen molar-refractivity contribution in [3.05, 3.63) is 53.5 Å². The van der Waals surface area contributed by atoms with Crippen molar-refractivity contribution in [1.82, 2.24) is 20.5 Å². The minimum atomic E-state index is -0.245. The summed E-state index contributed by atoms with van der Waals surface area (Å²) in [7, 11) is 0. The number of hydrogen-bond donors (Lipinski definition) is 3. The number of para-hydroxylation sites is 1. The lowest BCUT2D eigenvalue weighted by atomic mass is 10.1. The first-order valence-corrected chi connectivity index (χ1v) is 7.96. The van der Waals surface area contributed by atoms with Crippen molar-refractivity contribution in [3.63, 3.8) is 0 Å². The third-order valence-corrected chi connectivity index (χ3v) is 3.76. The summed E-state index contributed by atoms with van der Waals surface area (Å²) in [6.07, 6.45) is 0.671. The smallest absolute Gasteiger partial charge is 0.319 e. The Morgan fingerprint density at radius 3 is 2.83 bits per heavy atom. The van der Waals surface area contributed by atoms with Gasteiger partial charge >= 0.3 is 6.03 Å². The van der Waals surface area contributed by atoms with Gasteiger partial charge in [-0.05, 0) is 39.0 Å². The molecule has 0 bridgehead atoms.